The standard InChI is InChI=1S/C12H13ClO2.C11H11ClO2.C8H6BrClO2.C4H7.BrH.K.H2O.Zn/c1-15-12(14)11-9(8-4-2-5-8)6-3-7-10(11)13;12-9-6-2-5-8(7-3-1-4-7)10(9)11(13)14;1-12-8(11)7-5(9)3-2-4-6(7)10;1-2-4-3-1;;;;/h3,6-8H,2,4-5H2,1H3;2,5-7H,1,3-4H2,(H,13,14);2-4H,1H3;1H,2-4H2;1H;;1H2;/q;;;-1;;+1;;+2/p-2. The van der Waals surface area contributed by atoms with Gasteiger partial charge in [0.05, 0.1) is 46.0 Å². The average molecular weight is 941 g/mol. The van der Waals surface area contributed by atoms with Crippen LogP contribution in [0.5, 0.6) is 0 Å². The van der Waals surface area contributed by atoms with Gasteiger partial charge in [0, 0.05) is 4.47 Å². The van der Waals surface area contributed by atoms with Crippen LogP contribution in [0.15, 0.2) is 59.1 Å². The van der Waals surface area contributed by atoms with E-state index in [2.05, 4.69) is 40.7 Å². The molecule has 3 saturated carbocycles. The van der Waals surface area contributed by atoms with E-state index in [0.29, 0.717) is 48.1 Å². The number of carboxylic acid groups (broad SMARTS) is 1. The van der Waals surface area contributed by atoms with Gasteiger partial charge in [-0.25, -0.2) is 14.4 Å². The summed E-state index contributed by atoms with van der Waals surface area (Å²) < 4.78 is 9.94. The van der Waals surface area contributed by atoms with Crippen molar-refractivity contribution in [3.8, 4) is 0 Å². The van der Waals surface area contributed by atoms with Gasteiger partial charge in [0.15, 0.2) is 0 Å². The maximum atomic E-state index is 11.6. The summed E-state index contributed by atoms with van der Waals surface area (Å²) in [5.74, 6) is -0.801. The Morgan fingerprint density at radius 2 is 1.06 bits per heavy atom. The first-order valence-electron chi connectivity index (χ1n) is 15.1. The summed E-state index contributed by atoms with van der Waals surface area (Å²) in [7, 11) is 2.70. The molecule has 3 fully saturated rings. The monoisotopic (exact) mass is 936 g/mol. The third kappa shape index (κ3) is 15.2. The number of halogens is 5. The number of carbonyl (C=O) groups is 3. The molecule has 3 aliphatic carbocycles. The summed E-state index contributed by atoms with van der Waals surface area (Å²) in [4.78, 5) is 33.7. The molecule has 0 unspecified atom stereocenters. The number of hydrogen-bond donors (Lipinski definition) is 1. The van der Waals surface area contributed by atoms with Crippen molar-refractivity contribution in [1.29, 1.82) is 0 Å². The first kappa shape index (κ1) is 49.1. The van der Waals surface area contributed by atoms with Crippen LogP contribution in [0.2, 0.25) is 15.1 Å². The molecule has 6 rings (SSSR count). The molecule has 14 heteroatoms. The zero-order valence-electron chi connectivity index (χ0n) is 27.8. The molecule has 3 aromatic rings. The number of hydrogen-bond acceptors (Lipinski definition) is 6. The molecule has 0 bridgehead atoms. The zero-order valence-corrected chi connectivity index (χ0v) is 39.4. The van der Waals surface area contributed by atoms with Crippen molar-refractivity contribution in [3.05, 3.63) is 108 Å². The summed E-state index contributed by atoms with van der Waals surface area (Å²) in [5, 5.41) is 10.3. The number of rotatable bonds is 5. The fourth-order valence-electron chi connectivity index (χ4n) is 4.74. The van der Waals surface area contributed by atoms with Crippen molar-refractivity contribution in [2.45, 2.75) is 69.6 Å². The first-order valence-corrected chi connectivity index (χ1v) is 24.0. The summed E-state index contributed by atoms with van der Waals surface area (Å²) >= 11 is 25.1. The summed E-state index contributed by atoms with van der Waals surface area (Å²) in [5.41, 5.74) is 3.14. The molecule has 2 N–H and O–H groups in total. The van der Waals surface area contributed by atoms with Gasteiger partial charge in [-0.3, -0.25) is 0 Å². The predicted molar refractivity (Wildman–Crippen MR) is 194 cm³/mol. The van der Waals surface area contributed by atoms with Crippen LogP contribution in [-0.2, 0) is 25.8 Å². The topological polar surface area (TPSA) is 120 Å². The van der Waals surface area contributed by atoms with Crippen molar-refractivity contribution in [3.63, 3.8) is 0 Å². The van der Waals surface area contributed by atoms with Gasteiger partial charge < -0.3 is 26.5 Å². The Morgan fingerprint density at radius 1 is 0.714 bits per heavy atom. The fourth-order valence-corrected chi connectivity index (χ4v) is 6.16. The van der Waals surface area contributed by atoms with Crippen LogP contribution >= 0.6 is 64.4 Å². The minimum absolute atomic E-state index is 0. The molecule has 0 aromatic heterocycles. The summed E-state index contributed by atoms with van der Waals surface area (Å²) in [6, 6.07) is 16.0. The zero-order chi connectivity index (χ0) is 34.9. The van der Waals surface area contributed by atoms with E-state index in [1.165, 1.54) is 62.7 Å². The quantitative estimate of drug-likeness (QED) is 0.155. The second-order valence-corrected chi connectivity index (χ2v) is 12.8. The molecule has 0 radical (unpaired) electrons. The molecule has 0 heterocycles. The van der Waals surface area contributed by atoms with Gasteiger partial charge in [-0.15, -0.1) is 6.42 Å². The van der Waals surface area contributed by atoms with Crippen LogP contribution in [0.25, 0.3) is 0 Å². The average Bonchev–Trinajstić information content (AvgIpc) is 2.96. The van der Waals surface area contributed by atoms with Gasteiger partial charge >= 0.3 is 99.3 Å². The predicted octanol–water partition coefficient (Wildman–Crippen LogP) is 8.63. The number of esters is 2. The maximum absolute atomic E-state index is 11.6. The fraction of sp³-hybridized carbons (Fsp3) is 0.371. The van der Waals surface area contributed by atoms with Crippen LogP contribution < -0.4 is 51.4 Å². The molecule has 7 nitrogen and oxygen atoms in total. The number of aromatic carboxylic acids is 1. The molecule has 49 heavy (non-hydrogen) atoms. The van der Waals surface area contributed by atoms with E-state index in [4.69, 9.17) is 44.6 Å². The van der Waals surface area contributed by atoms with Gasteiger partial charge in [-0.1, -0.05) is 78.0 Å². The van der Waals surface area contributed by atoms with Crippen molar-refractivity contribution < 1.29 is 102 Å². The van der Waals surface area contributed by atoms with Crippen LogP contribution in [0.4, 0.5) is 0 Å². The van der Waals surface area contributed by atoms with Crippen LogP contribution in [0, 0.1) is 6.42 Å². The van der Waals surface area contributed by atoms with Gasteiger partial charge in [-0.05, 0) is 88.8 Å². The number of ether oxygens (including phenoxy) is 2. The van der Waals surface area contributed by atoms with E-state index in [0.717, 1.165) is 36.8 Å². The Labute approximate surface area is 371 Å². The molecular formula is C35H38Br2Cl3KO7Zn. The Morgan fingerprint density at radius 3 is 1.39 bits per heavy atom. The third-order valence-electron chi connectivity index (χ3n) is 7.95. The van der Waals surface area contributed by atoms with Crippen LogP contribution in [0.3, 0.4) is 0 Å². The molecular weight excluding hydrogens is 903 g/mol. The number of methoxy groups -OCH3 is 2. The summed E-state index contributed by atoms with van der Waals surface area (Å²) in [6.45, 7) is 0. The first-order chi connectivity index (χ1) is 22.6. The number of benzene rings is 3. The second kappa shape index (κ2) is 26.8. The molecule has 0 spiro atoms. The summed E-state index contributed by atoms with van der Waals surface area (Å²) in [6.07, 6.45) is 13.4. The Hall–Kier alpha value is 0.120. The van der Waals surface area contributed by atoms with E-state index < -0.39 is 11.9 Å². The normalized spacial score (nSPS) is 14.0. The molecule has 0 aliphatic heterocycles. The van der Waals surface area contributed by atoms with E-state index in [1.54, 1.807) is 30.3 Å². The van der Waals surface area contributed by atoms with E-state index in [9.17, 15) is 14.4 Å². The number of carbonyl (C=O) groups excluding carboxylic acids is 2. The molecule has 0 atom stereocenters. The SMILES string of the molecule is COC(=O)c1c(Cl)cccc1Br.COC(=O)c1c(Cl)cccc1C1CCC1.O=C(O)c1c(Cl)cccc1C1CCC1.[CH-]1CCC1.[K+].[OH-].[Zn+][Br]. The van der Waals surface area contributed by atoms with E-state index in [-0.39, 0.29) is 62.8 Å². The van der Waals surface area contributed by atoms with Crippen molar-refractivity contribution in [2.24, 2.45) is 0 Å². The van der Waals surface area contributed by atoms with Gasteiger partial charge in [0.1, 0.15) is 0 Å². The van der Waals surface area contributed by atoms with Crippen molar-refractivity contribution in [2.75, 3.05) is 14.2 Å². The molecule has 0 amide bonds. The Bertz CT molecular complexity index is 1460. The van der Waals surface area contributed by atoms with Gasteiger partial charge in [-0.2, -0.15) is 12.8 Å². The Balaban J connectivity index is 0.000000640. The Kier molecular flexibility index (Phi) is 26.9. The van der Waals surface area contributed by atoms with E-state index in [1.807, 2.05) is 24.3 Å². The van der Waals surface area contributed by atoms with Crippen LogP contribution in [0.1, 0.15) is 112 Å². The molecule has 0 saturated heterocycles. The van der Waals surface area contributed by atoms with E-state index >= 15 is 0 Å². The van der Waals surface area contributed by atoms with Crippen molar-refractivity contribution in [1.82, 2.24) is 0 Å². The third-order valence-corrected chi connectivity index (χ3v) is 9.56. The molecule has 3 aliphatic rings. The van der Waals surface area contributed by atoms with Gasteiger partial charge in [0.25, 0.3) is 0 Å². The van der Waals surface area contributed by atoms with Gasteiger partial charge in [0.2, 0.25) is 0 Å². The number of carboxylic acids is 1. The van der Waals surface area contributed by atoms with Crippen molar-refractivity contribution >= 4 is 82.3 Å². The van der Waals surface area contributed by atoms with Crippen LogP contribution in [-0.4, -0.2) is 42.7 Å². The molecule has 3 aromatic carbocycles. The second-order valence-electron chi connectivity index (χ2n) is 10.8. The minimum atomic E-state index is -0.919. The molecule has 258 valence electrons.